The van der Waals surface area contributed by atoms with Gasteiger partial charge in [-0.25, -0.2) is 4.79 Å². The molecule has 1 saturated heterocycles. The van der Waals surface area contributed by atoms with Crippen molar-refractivity contribution in [2.75, 3.05) is 13.2 Å². The van der Waals surface area contributed by atoms with Crippen molar-refractivity contribution in [2.45, 2.75) is 38.0 Å². The molecule has 1 aromatic heterocycles. The second-order valence-electron chi connectivity index (χ2n) is 5.19. The summed E-state index contributed by atoms with van der Waals surface area (Å²) in [6, 6.07) is 0.426. The molecule has 2 atom stereocenters. The number of hydrogen-bond acceptors (Lipinski definition) is 5. The maximum atomic E-state index is 10.7. The molecule has 2 heterocycles. The summed E-state index contributed by atoms with van der Waals surface area (Å²) in [6.07, 6.45) is 5.44. The molecular weight excluding hydrogens is 248 g/mol. The summed E-state index contributed by atoms with van der Waals surface area (Å²) >= 11 is 0. The van der Waals surface area contributed by atoms with Gasteiger partial charge in [-0.05, 0) is 25.2 Å². The Hall–Kier alpha value is -1.47. The first-order valence-electron chi connectivity index (χ1n) is 6.72. The molecule has 1 aliphatic carbocycles. The Morgan fingerprint density at radius 1 is 1.53 bits per heavy atom. The summed E-state index contributed by atoms with van der Waals surface area (Å²) in [5.41, 5.74) is -0.0138. The van der Waals surface area contributed by atoms with Gasteiger partial charge in [-0.1, -0.05) is 5.21 Å². The number of carbonyl (C=O) groups is 1. The van der Waals surface area contributed by atoms with Crippen molar-refractivity contribution in [3.05, 3.63) is 11.9 Å². The molecule has 0 spiro atoms. The highest BCUT2D eigenvalue weighted by Crippen LogP contribution is 2.38. The minimum absolute atomic E-state index is 0.0138. The van der Waals surface area contributed by atoms with Crippen molar-refractivity contribution in [3.63, 3.8) is 0 Å². The highest BCUT2D eigenvalue weighted by molar-refractivity contribution is 5.84. The van der Waals surface area contributed by atoms with E-state index in [1.807, 2.05) is 0 Å². The molecule has 1 aromatic rings. The molecule has 3 rings (SSSR count). The van der Waals surface area contributed by atoms with Crippen LogP contribution in [0.4, 0.5) is 0 Å². The lowest BCUT2D eigenvalue weighted by Gasteiger charge is -2.19. The highest BCUT2D eigenvalue weighted by Gasteiger charge is 2.40. The van der Waals surface area contributed by atoms with Gasteiger partial charge >= 0.3 is 5.97 Å². The molecule has 7 nitrogen and oxygen atoms in total. The van der Waals surface area contributed by atoms with Gasteiger partial charge in [-0.15, -0.1) is 5.10 Å². The van der Waals surface area contributed by atoms with Crippen LogP contribution in [-0.4, -0.2) is 51.4 Å². The lowest BCUT2D eigenvalue weighted by atomic mass is 10.1. The van der Waals surface area contributed by atoms with Crippen molar-refractivity contribution < 1.29 is 14.6 Å². The van der Waals surface area contributed by atoms with Gasteiger partial charge in [-0.3, -0.25) is 4.68 Å². The first kappa shape index (κ1) is 12.6. The standard InChI is InChI=1S/C12H18N4O3/c17-12(18)10-7-16(15-14-10)5-4-13-9-3-6-19-11(9)8-1-2-8/h7-9,11,13H,1-6H2,(H,17,18). The number of ether oxygens (including phenoxy) is 1. The zero-order chi connectivity index (χ0) is 13.2. The Bertz CT molecular complexity index is 458. The smallest absolute Gasteiger partial charge is 0.358 e. The van der Waals surface area contributed by atoms with Crippen molar-refractivity contribution >= 4 is 5.97 Å². The van der Waals surface area contributed by atoms with Crippen LogP contribution >= 0.6 is 0 Å². The van der Waals surface area contributed by atoms with Crippen LogP contribution in [-0.2, 0) is 11.3 Å². The SMILES string of the molecule is O=C(O)c1cn(CCNC2CCOC2C2CC2)nn1. The van der Waals surface area contributed by atoms with Gasteiger partial charge in [0.25, 0.3) is 0 Å². The third-order valence-corrected chi connectivity index (χ3v) is 3.73. The maximum absolute atomic E-state index is 10.7. The number of aromatic nitrogens is 3. The van der Waals surface area contributed by atoms with E-state index in [1.165, 1.54) is 19.0 Å². The molecule has 104 valence electrons. The van der Waals surface area contributed by atoms with E-state index >= 15 is 0 Å². The van der Waals surface area contributed by atoms with Crippen LogP contribution in [0.15, 0.2) is 6.20 Å². The van der Waals surface area contributed by atoms with Crippen molar-refractivity contribution in [1.82, 2.24) is 20.3 Å². The summed E-state index contributed by atoms with van der Waals surface area (Å²) in [6.45, 7) is 2.21. The summed E-state index contributed by atoms with van der Waals surface area (Å²) in [5, 5.41) is 19.6. The van der Waals surface area contributed by atoms with E-state index in [4.69, 9.17) is 9.84 Å². The van der Waals surface area contributed by atoms with Gasteiger partial charge in [-0.2, -0.15) is 0 Å². The largest absolute Gasteiger partial charge is 0.476 e. The number of carboxylic acid groups (broad SMARTS) is 1. The predicted molar refractivity (Wildman–Crippen MR) is 65.9 cm³/mol. The second-order valence-corrected chi connectivity index (χ2v) is 5.19. The van der Waals surface area contributed by atoms with E-state index in [0.29, 0.717) is 18.7 Å². The minimum Gasteiger partial charge on any atom is -0.476 e. The van der Waals surface area contributed by atoms with Gasteiger partial charge in [0.05, 0.1) is 18.8 Å². The molecule has 7 heteroatoms. The first-order valence-corrected chi connectivity index (χ1v) is 6.72. The summed E-state index contributed by atoms with van der Waals surface area (Å²) in [4.78, 5) is 10.7. The number of aromatic carboxylic acids is 1. The molecule has 0 amide bonds. The molecular formula is C12H18N4O3. The second kappa shape index (κ2) is 5.26. The van der Waals surface area contributed by atoms with Crippen LogP contribution in [0.2, 0.25) is 0 Å². The number of hydrogen-bond donors (Lipinski definition) is 2. The fourth-order valence-corrected chi connectivity index (χ4v) is 2.59. The van der Waals surface area contributed by atoms with Crippen molar-refractivity contribution in [1.29, 1.82) is 0 Å². The quantitative estimate of drug-likeness (QED) is 0.761. The molecule has 0 bridgehead atoms. The van der Waals surface area contributed by atoms with Gasteiger partial charge in [0.2, 0.25) is 0 Å². The molecule has 0 aromatic carbocycles. The molecule has 2 fully saturated rings. The minimum atomic E-state index is -1.04. The van der Waals surface area contributed by atoms with Gasteiger partial charge in [0, 0.05) is 19.2 Å². The van der Waals surface area contributed by atoms with E-state index in [1.54, 1.807) is 4.68 Å². The van der Waals surface area contributed by atoms with E-state index in [0.717, 1.165) is 25.5 Å². The molecule has 1 aliphatic heterocycles. The fraction of sp³-hybridized carbons (Fsp3) is 0.750. The number of carboxylic acids is 1. The normalized spacial score (nSPS) is 26.7. The zero-order valence-electron chi connectivity index (χ0n) is 10.7. The molecule has 2 unspecified atom stereocenters. The summed E-state index contributed by atoms with van der Waals surface area (Å²) in [5.74, 6) is -0.304. The van der Waals surface area contributed by atoms with Crippen LogP contribution in [0.25, 0.3) is 0 Å². The Labute approximate surface area is 110 Å². The van der Waals surface area contributed by atoms with Crippen LogP contribution in [0.3, 0.4) is 0 Å². The third kappa shape index (κ3) is 2.93. The highest BCUT2D eigenvalue weighted by atomic mass is 16.5. The third-order valence-electron chi connectivity index (χ3n) is 3.73. The van der Waals surface area contributed by atoms with Crippen LogP contribution < -0.4 is 5.32 Å². The topological polar surface area (TPSA) is 89.3 Å². The summed E-state index contributed by atoms with van der Waals surface area (Å²) < 4.78 is 7.31. The number of nitrogens with one attached hydrogen (secondary N) is 1. The Balaban J connectivity index is 1.45. The van der Waals surface area contributed by atoms with Crippen LogP contribution in [0.5, 0.6) is 0 Å². The van der Waals surface area contributed by atoms with Gasteiger partial charge < -0.3 is 15.2 Å². The van der Waals surface area contributed by atoms with Crippen molar-refractivity contribution in [2.24, 2.45) is 5.92 Å². The maximum Gasteiger partial charge on any atom is 0.358 e. The van der Waals surface area contributed by atoms with E-state index in [9.17, 15) is 4.79 Å². The van der Waals surface area contributed by atoms with E-state index < -0.39 is 5.97 Å². The lowest BCUT2D eigenvalue weighted by Crippen LogP contribution is -2.39. The number of nitrogens with zero attached hydrogens (tertiary/aromatic N) is 3. The van der Waals surface area contributed by atoms with Crippen LogP contribution in [0, 0.1) is 5.92 Å². The van der Waals surface area contributed by atoms with Crippen LogP contribution in [0.1, 0.15) is 29.8 Å². The van der Waals surface area contributed by atoms with Gasteiger partial charge in [0.1, 0.15) is 0 Å². The Kier molecular flexibility index (Phi) is 3.48. The number of rotatable bonds is 6. The lowest BCUT2D eigenvalue weighted by molar-refractivity contribution is 0.0690. The Morgan fingerprint density at radius 3 is 3.05 bits per heavy atom. The van der Waals surface area contributed by atoms with Gasteiger partial charge in [0.15, 0.2) is 5.69 Å². The summed E-state index contributed by atoms with van der Waals surface area (Å²) in [7, 11) is 0. The fourth-order valence-electron chi connectivity index (χ4n) is 2.59. The van der Waals surface area contributed by atoms with Crippen molar-refractivity contribution in [3.8, 4) is 0 Å². The molecule has 1 saturated carbocycles. The van der Waals surface area contributed by atoms with E-state index in [-0.39, 0.29) is 5.69 Å². The molecule has 0 radical (unpaired) electrons. The average Bonchev–Trinajstić information content (AvgIpc) is 2.94. The van der Waals surface area contributed by atoms with E-state index in [2.05, 4.69) is 15.6 Å². The molecule has 19 heavy (non-hydrogen) atoms. The molecule has 2 N–H and O–H groups in total. The predicted octanol–water partition coefficient (Wildman–Crippen LogP) is 0.133. The zero-order valence-corrected chi connectivity index (χ0v) is 10.7. The Morgan fingerprint density at radius 2 is 2.37 bits per heavy atom. The molecule has 2 aliphatic rings. The average molecular weight is 266 g/mol. The first-order chi connectivity index (χ1) is 9.24. The monoisotopic (exact) mass is 266 g/mol.